The Morgan fingerprint density at radius 3 is 2.11 bits per heavy atom. The molecule has 0 fully saturated rings. The van der Waals surface area contributed by atoms with Crippen molar-refractivity contribution >= 4 is 35.1 Å². The third kappa shape index (κ3) is 3.32. The number of carbonyl (C=O) groups excluding carboxylic acids is 1. The molecule has 0 aliphatic carbocycles. The molecule has 0 saturated carbocycles. The predicted octanol–water partition coefficient (Wildman–Crippen LogP) is 4.33. The third-order valence-corrected chi connectivity index (χ3v) is 7.61. The third-order valence-electron chi connectivity index (χ3n) is 4.17. The first-order valence-corrected chi connectivity index (χ1v) is 10.7. The lowest BCUT2D eigenvalue weighted by molar-refractivity contribution is -0.121. The van der Waals surface area contributed by atoms with Gasteiger partial charge in [0.2, 0.25) is 5.16 Å². The zero-order valence-electron chi connectivity index (χ0n) is 15.8. The largest absolute Gasteiger partial charge is 0.353 e. The van der Waals surface area contributed by atoms with E-state index in [-0.39, 0.29) is 5.56 Å². The topological polar surface area (TPSA) is 103 Å². The van der Waals surface area contributed by atoms with Crippen LogP contribution >= 0.6 is 23.5 Å². The van der Waals surface area contributed by atoms with Crippen LogP contribution in [0, 0.1) is 28.6 Å². The first-order chi connectivity index (χ1) is 12.5. The fraction of sp³-hybridized carbons (Fsp3) is 0.500. The molecule has 9 heteroatoms. The normalized spacial score (nSPS) is 19.5. The molecule has 2 rings (SSSR count). The molecule has 0 saturated heterocycles. The molecule has 1 aromatic carbocycles. The number of amides is 1. The number of likely N-dealkylation sites (N-methyl/N-ethyl adjacent to an activating group) is 1. The minimum absolute atomic E-state index is 0.280. The second kappa shape index (κ2) is 7.73. The summed E-state index contributed by atoms with van der Waals surface area (Å²) in [7, 11) is -2.79. The number of nitrogens with zero attached hydrogens (tertiary/aromatic N) is 3. The van der Waals surface area contributed by atoms with Gasteiger partial charge in [-0.15, -0.1) is 0 Å². The molecule has 27 heavy (non-hydrogen) atoms. The van der Waals surface area contributed by atoms with Crippen LogP contribution in [0.25, 0.3) is 0 Å². The second-order valence-electron chi connectivity index (χ2n) is 6.79. The fourth-order valence-electron chi connectivity index (χ4n) is 3.25. The molecule has 1 aromatic rings. The SMILES string of the molecule is CC(C)OP(=O)(OC(C)C)C1(C(C#N)C#N)C(=O)N(C)c2ccc(Br)cc21. The maximum atomic E-state index is 14.1. The van der Waals surface area contributed by atoms with Crippen LogP contribution in [0.15, 0.2) is 22.7 Å². The Morgan fingerprint density at radius 1 is 1.15 bits per heavy atom. The molecule has 1 unspecified atom stereocenters. The number of hydrogen-bond donors (Lipinski definition) is 0. The van der Waals surface area contributed by atoms with Crippen LogP contribution in [0.1, 0.15) is 33.3 Å². The van der Waals surface area contributed by atoms with E-state index in [4.69, 9.17) is 9.05 Å². The zero-order chi connectivity index (χ0) is 20.6. The van der Waals surface area contributed by atoms with Gasteiger partial charge in [-0.25, -0.2) is 0 Å². The Kier molecular flexibility index (Phi) is 6.19. The van der Waals surface area contributed by atoms with Crippen LogP contribution in [-0.4, -0.2) is 25.2 Å². The number of rotatable bonds is 6. The van der Waals surface area contributed by atoms with Gasteiger partial charge in [-0.2, -0.15) is 10.5 Å². The molecule has 1 aliphatic heterocycles. The van der Waals surface area contributed by atoms with Gasteiger partial charge in [0, 0.05) is 22.8 Å². The van der Waals surface area contributed by atoms with Gasteiger partial charge in [0.15, 0.2) is 5.92 Å². The summed E-state index contributed by atoms with van der Waals surface area (Å²) >= 11 is 3.35. The summed E-state index contributed by atoms with van der Waals surface area (Å²) in [5.74, 6) is -2.22. The Balaban J connectivity index is 2.97. The monoisotopic (exact) mass is 453 g/mol. The van der Waals surface area contributed by atoms with E-state index in [2.05, 4.69) is 15.9 Å². The van der Waals surface area contributed by atoms with E-state index in [1.54, 1.807) is 45.9 Å². The van der Waals surface area contributed by atoms with Gasteiger partial charge < -0.3 is 13.9 Å². The van der Waals surface area contributed by atoms with Gasteiger partial charge in [-0.05, 0) is 45.9 Å². The van der Waals surface area contributed by atoms with Crippen LogP contribution in [0.4, 0.5) is 5.69 Å². The lowest BCUT2D eigenvalue weighted by Crippen LogP contribution is -2.45. The predicted molar refractivity (Wildman–Crippen MR) is 104 cm³/mol. The van der Waals surface area contributed by atoms with Crippen LogP contribution in [0.5, 0.6) is 0 Å². The summed E-state index contributed by atoms with van der Waals surface area (Å²) in [6.45, 7) is 6.62. The van der Waals surface area contributed by atoms with Gasteiger partial charge in [-0.1, -0.05) is 15.9 Å². The summed E-state index contributed by atoms with van der Waals surface area (Å²) in [4.78, 5) is 14.7. The number of hydrogen-bond acceptors (Lipinski definition) is 6. The second-order valence-corrected chi connectivity index (χ2v) is 9.83. The van der Waals surface area contributed by atoms with Crippen molar-refractivity contribution in [1.82, 2.24) is 0 Å². The molecule has 1 heterocycles. The highest BCUT2D eigenvalue weighted by Gasteiger charge is 2.69. The number of fused-ring (bicyclic) bond motifs is 1. The maximum Gasteiger partial charge on any atom is 0.353 e. The van der Waals surface area contributed by atoms with E-state index in [0.717, 1.165) is 0 Å². The molecular weight excluding hydrogens is 433 g/mol. The fourth-order valence-corrected chi connectivity index (χ4v) is 6.39. The Morgan fingerprint density at radius 2 is 1.67 bits per heavy atom. The van der Waals surface area contributed by atoms with Crippen LogP contribution in [-0.2, 0) is 23.6 Å². The quantitative estimate of drug-likeness (QED) is 0.593. The van der Waals surface area contributed by atoms with Crippen LogP contribution in [0.3, 0.4) is 0 Å². The van der Waals surface area contributed by atoms with Crippen molar-refractivity contribution in [1.29, 1.82) is 10.5 Å². The van der Waals surface area contributed by atoms with E-state index in [9.17, 15) is 19.9 Å². The number of benzene rings is 1. The summed E-state index contributed by atoms with van der Waals surface area (Å²) < 4.78 is 26.2. The van der Waals surface area contributed by atoms with Crippen molar-refractivity contribution in [2.45, 2.75) is 45.1 Å². The molecule has 1 amide bonds. The molecule has 1 aliphatic rings. The minimum Gasteiger partial charge on any atom is -0.314 e. The van der Waals surface area contributed by atoms with Gasteiger partial charge in [0.25, 0.3) is 5.91 Å². The van der Waals surface area contributed by atoms with E-state index in [1.807, 2.05) is 12.1 Å². The first-order valence-electron chi connectivity index (χ1n) is 8.39. The van der Waals surface area contributed by atoms with Gasteiger partial charge in [0.05, 0.1) is 24.3 Å². The molecule has 1 atom stereocenters. The molecule has 0 radical (unpaired) electrons. The minimum atomic E-state index is -4.30. The molecule has 0 spiro atoms. The van der Waals surface area contributed by atoms with Crippen molar-refractivity contribution in [2.75, 3.05) is 11.9 Å². The number of carbonyl (C=O) groups is 1. The summed E-state index contributed by atoms with van der Waals surface area (Å²) in [6, 6.07) is 8.67. The van der Waals surface area contributed by atoms with Crippen molar-refractivity contribution in [3.8, 4) is 12.1 Å². The average molecular weight is 454 g/mol. The van der Waals surface area contributed by atoms with Gasteiger partial charge >= 0.3 is 7.60 Å². The summed E-state index contributed by atoms with van der Waals surface area (Å²) in [6.07, 6.45) is -1.11. The highest BCUT2D eigenvalue weighted by Crippen LogP contribution is 2.72. The molecule has 0 N–H and O–H groups in total. The van der Waals surface area contributed by atoms with Crippen molar-refractivity contribution in [3.63, 3.8) is 0 Å². The molecule has 144 valence electrons. The molecular formula is C18H21BrN3O4P. The lowest BCUT2D eigenvalue weighted by atomic mass is 9.87. The van der Waals surface area contributed by atoms with E-state index < -0.39 is 36.8 Å². The summed E-state index contributed by atoms with van der Waals surface area (Å²) in [5.41, 5.74) is 0.737. The van der Waals surface area contributed by atoms with E-state index in [1.165, 1.54) is 11.9 Å². The zero-order valence-corrected chi connectivity index (χ0v) is 18.2. The van der Waals surface area contributed by atoms with Gasteiger partial charge in [-0.3, -0.25) is 9.36 Å². The van der Waals surface area contributed by atoms with Gasteiger partial charge in [0.1, 0.15) is 0 Å². The Labute approximate surface area is 167 Å². The molecule has 7 nitrogen and oxygen atoms in total. The van der Waals surface area contributed by atoms with Crippen molar-refractivity contribution in [2.24, 2.45) is 5.92 Å². The van der Waals surface area contributed by atoms with E-state index in [0.29, 0.717) is 10.2 Å². The summed E-state index contributed by atoms with van der Waals surface area (Å²) in [5, 5.41) is 17.3. The first kappa shape index (κ1) is 21.6. The standard InChI is InChI=1S/C18H21BrN3O4P/c1-11(2)25-27(24,26-12(3)4)18(13(9-20)10-21)15-8-14(19)6-7-16(15)22(5)17(18)23/h6-8,11-13H,1-5H3. The average Bonchev–Trinajstić information content (AvgIpc) is 2.77. The highest BCUT2D eigenvalue weighted by atomic mass is 79.9. The molecule has 0 bridgehead atoms. The van der Waals surface area contributed by atoms with Crippen molar-refractivity contribution in [3.05, 3.63) is 28.2 Å². The number of halogens is 1. The molecule has 0 aromatic heterocycles. The van der Waals surface area contributed by atoms with Crippen LogP contribution in [0.2, 0.25) is 0 Å². The smallest absolute Gasteiger partial charge is 0.314 e. The number of nitriles is 2. The Bertz CT molecular complexity index is 862. The van der Waals surface area contributed by atoms with E-state index >= 15 is 0 Å². The Hall–Kier alpha value is -1.70. The maximum absolute atomic E-state index is 14.1. The number of anilines is 1. The van der Waals surface area contributed by atoms with Crippen molar-refractivity contribution < 1.29 is 18.4 Å². The lowest BCUT2D eigenvalue weighted by Gasteiger charge is -2.37. The van der Waals surface area contributed by atoms with Crippen LogP contribution < -0.4 is 4.90 Å². The highest BCUT2D eigenvalue weighted by molar-refractivity contribution is 9.10.